The molecule has 4 nitrogen and oxygen atoms in total. The number of aliphatic hydroxyl groups excluding tert-OH is 1. The summed E-state index contributed by atoms with van der Waals surface area (Å²) in [5.41, 5.74) is 0.981. The number of fused-ring (bicyclic) bond motifs is 1. The van der Waals surface area contributed by atoms with Crippen molar-refractivity contribution in [1.29, 1.82) is 0 Å². The summed E-state index contributed by atoms with van der Waals surface area (Å²) < 4.78 is -0.187. The molecule has 0 atom stereocenters. The van der Waals surface area contributed by atoms with Crippen LogP contribution in [0.25, 0.3) is 0 Å². The zero-order valence-electron chi connectivity index (χ0n) is 11.9. The van der Waals surface area contributed by atoms with Gasteiger partial charge in [0.1, 0.15) is 0 Å². The molecule has 21 heavy (non-hydrogen) atoms. The number of carbonyl (C=O) groups is 2. The van der Waals surface area contributed by atoms with Crippen LogP contribution in [-0.2, 0) is 0 Å². The SMILES string of the molecule is O=C1c2ccccc2C(=O)N1CSC1(CO)CCCCC1. The molecule has 2 amide bonds. The Morgan fingerprint density at radius 2 is 1.62 bits per heavy atom. The fraction of sp³-hybridized carbons (Fsp3) is 0.500. The normalized spacial score (nSPS) is 20.7. The summed E-state index contributed by atoms with van der Waals surface area (Å²) >= 11 is 1.55. The third kappa shape index (κ3) is 2.60. The van der Waals surface area contributed by atoms with E-state index in [-0.39, 0.29) is 23.2 Å². The number of thioether (sulfide) groups is 1. The first-order valence-corrected chi connectivity index (χ1v) is 8.35. The van der Waals surface area contributed by atoms with E-state index in [9.17, 15) is 14.7 Å². The Balaban J connectivity index is 1.72. The van der Waals surface area contributed by atoms with Crippen LogP contribution in [0.3, 0.4) is 0 Å². The van der Waals surface area contributed by atoms with Gasteiger partial charge in [-0.1, -0.05) is 31.4 Å². The highest BCUT2D eigenvalue weighted by molar-refractivity contribution is 8.00. The van der Waals surface area contributed by atoms with E-state index in [1.54, 1.807) is 36.0 Å². The summed E-state index contributed by atoms with van der Waals surface area (Å²) in [6.45, 7) is 0.112. The quantitative estimate of drug-likeness (QED) is 0.869. The number of nitrogens with zero attached hydrogens (tertiary/aromatic N) is 1. The number of carbonyl (C=O) groups excluding carboxylic acids is 2. The van der Waals surface area contributed by atoms with Crippen molar-refractivity contribution in [3.8, 4) is 0 Å². The summed E-state index contributed by atoms with van der Waals surface area (Å²) in [5, 5.41) is 9.71. The van der Waals surface area contributed by atoms with Crippen molar-refractivity contribution in [2.24, 2.45) is 0 Å². The molecule has 3 rings (SSSR count). The average Bonchev–Trinajstić information content (AvgIpc) is 2.78. The Kier molecular flexibility index (Phi) is 4.04. The van der Waals surface area contributed by atoms with Crippen LogP contribution in [0.2, 0.25) is 0 Å². The topological polar surface area (TPSA) is 57.6 Å². The molecular formula is C16H19NO3S. The molecule has 1 N–H and O–H groups in total. The lowest BCUT2D eigenvalue weighted by molar-refractivity contribution is 0.0683. The predicted octanol–water partition coefficient (Wildman–Crippen LogP) is 2.67. The molecule has 0 unspecified atom stereocenters. The van der Waals surface area contributed by atoms with Crippen molar-refractivity contribution < 1.29 is 14.7 Å². The van der Waals surface area contributed by atoms with E-state index in [1.807, 2.05) is 0 Å². The molecule has 5 heteroatoms. The van der Waals surface area contributed by atoms with Gasteiger partial charge in [0.2, 0.25) is 0 Å². The number of hydrogen-bond acceptors (Lipinski definition) is 4. The molecule has 0 spiro atoms. The highest BCUT2D eigenvalue weighted by atomic mass is 32.2. The fourth-order valence-electron chi connectivity index (χ4n) is 3.10. The molecule has 1 aliphatic heterocycles. The Hall–Kier alpha value is -1.33. The summed E-state index contributed by atoms with van der Waals surface area (Å²) in [4.78, 5) is 25.9. The molecule has 1 saturated carbocycles. The van der Waals surface area contributed by atoms with E-state index >= 15 is 0 Å². The molecule has 2 aliphatic rings. The number of aliphatic hydroxyl groups is 1. The Labute approximate surface area is 128 Å². The van der Waals surface area contributed by atoms with Gasteiger partial charge < -0.3 is 5.11 Å². The van der Waals surface area contributed by atoms with Gasteiger partial charge in [-0.15, -0.1) is 11.8 Å². The highest BCUT2D eigenvalue weighted by Gasteiger charge is 2.38. The second-order valence-electron chi connectivity index (χ2n) is 5.76. The van der Waals surface area contributed by atoms with Crippen LogP contribution < -0.4 is 0 Å². The molecule has 1 aromatic carbocycles. The van der Waals surface area contributed by atoms with E-state index in [4.69, 9.17) is 0 Å². The summed E-state index contributed by atoms with van der Waals surface area (Å²) in [6, 6.07) is 6.94. The number of benzene rings is 1. The maximum atomic E-state index is 12.3. The lowest BCUT2D eigenvalue weighted by Gasteiger charge is -2.35. The van der Waals surface area contributed by atoms with Crippen molar-refractivity contribution >= 4 is 23.6 Å². The van der Waals surface area contributed by atoms with Gasteiger partial charge in [0.15, 0.2) is 0 Å². The van der Waals surface area contributed by atoms with Crippen molar-refractivity contribution in [3.63, 3.8) is 0 Å². The number of imide groups is 1. The molecule has 1 fully saturated rings. The van der Waals surface area contributed by atoms with Crippen molar-refractivity contribution in [3.05, 3.63) is 35.4 Å². The molecule has 1 aromatic rings. The van der Waals surface area contributed by atoms with Crippen LogP contribution >= 0.6 is 11.8 Å². The van der Waals surface area contributed by atoms with Gasteiger partial charge in [-0.25, -0.2) is 0 Å². The second-order valence-corrected chi connectivity index (χ2v) is 7.17. The molecule has 0 saturated heterocycles. The Morgan fingerprint density at radius 1 is 1.05 bits per heavy atom. The van der Waals surface area contributed by atoms with E-state index in [1.165, 1.54) is 11.3 Å². The molecule has 0 radical (unpaired) electrons. The van der Waals surface area contributed by atoms with Crippen molar-refractivity contribution in [2.75, 3.05) is 12.5 Å². The zero-order valence-corrected chi connectivity index (χ0v) is 12.7. The van der Waals surface area contributed by atoms with Gasteiger partial charge in [0, 0.05) is 4.75 Å². The van der Waals surface area contributed by atoms with E-state index in [2.05, 4.69) is 0 Å². The van der Waals surface area contributed by atoms with Crippen LogP contribution in [0, 0.1) is 0 Å². The minimum absolute atomic E-state index is 0.112. The van der Waals surface area contributed by atoms with Crippen molar-refractivity contribution in [1.82, 2.24) is 4.90 Å². The number of hydrogen-bond donors (Lipinski definition) is 1. The summed E-state index contributed by atoms with van der Waals surface area (Å²) in [5.74, 6) is -0.105. The lowest BCUT2D eigenvalue weighted by Crippen LogP contribution is -2.37. The maximum Gasteiger partial charge on any atom is 0.262 e. The van der Waals surface area contributed by atoms with Gasteiger partial charge in [0.25, 0.3) is 11.8 Å². The zero-order chi connectivity index (χ0) is 14.9. The molecular weight excluding hydrogens is 286 g/mol. The van der Waals surface area contributed by atoms with E-state index in [0.717, 1.165) is 25.7 Å². The molecule has 0 bridgehead atoms. The standard InChI is InChI=1S/C16H19NO3S/c18-10-16(8-4-1-5-9-16)21-11-17-14(19)12-6-2-3-7-13(12)15(17)20/h2-3,6-7,18H,1,4-5,8-11H2. The van der Waals surface area contributed by atoms with Crippen LogP contribution in [0.4, 0.5) is 0 Å². The first-order valence-electron chi connectivity index (χ1n) is 7.37. The molecule has 112 valence electrons. The monoisotopic (exact) mass is 305 g/mol. The highest BCUT2D eigenvalue weighted by Crippen LogP contribution is 2.40. The molecule has 1 aliphatic carbocycles. The number of rotatable bonds is 4. The molecule has 0 aromatic heterocycles. The second kappa shape index (κ2) is 5.81. The fourth-order valence-corrected chi connectivity index (χ4v) is 4.41. The van der Waals surface area contributed by atoms with Crippen LogP contribution in [-0.4, -0.2) is 39.1 Å². The Bertz CT molecular complexity index is 531. The third-order valence-electron chi connectivity index (χ3n) is 4.43. The van der Waals surface area contributed by atoms with Gasteiger partial charge >= 0.3 is 0 Å². The predicted molar refractivity (Wildman–Crippen MR) is 82.3 cm³/mol. The van der Waals surface area contributed by atoms with Gasteiger partial charge in [-0.2, -0.15) is 0 Å². The van der Waals surface area contributed by atoms with Gasteiger partial charge in [-0.3, -0.25) is 14.5 Å². The summed E-state index contributed by atoms with van der Waals surface area (Å²) in [7, 11) is 0. The maximum absolute atomic E-state index is 12.3. The van der Waals surface area contributed by atoms with Crippen LogP contribution in [0.1, 0.15) is 52.8 Å². The minimum Gasteiger partial charge on any atom is -0.395 e. The largest absolute Gasteiger partial charge is 0.395 e. The van der Waals surface area contributed by atoms with E-state index in [0.29, 0.717) is 17.0 Å². The number of amides is 2. The smallest absolute Gasteiger partial charge is 0.262 e. The summed E-state index contributed by atoms with van der Waals surface area (Å²) in [6.07, 6.45) is 5.33. The third-order valence-corrected chi connectivity index (χ3v) is 5.97. The Morgan fingerprint density at radius 3 is 2.14 bits per heavy atom. The van der Waals surface area contributed by atoms with Gasteiger partial charge in [-0.05, 0) is 25.0 Å². The molecule has 1 heterocycles. The van der Waals surface area contributed by atoms with Gasteiger partial charge in [0.05, 0.1) is 23.6 Å². The van der Waals surface area contributed by atoms with E-state index < -0.39 is 0 Å². The van der Waals surface area contributed by atoms with Crippen molar-refractivity contribution in [2.45, 2.75) is 36.9 Å². The van der Waals surface area contributed by atoms with Crippen LogP contribution in [0.15, 0.2) is 24.3 Å². The lowest BCUT2D eigenvalue weighted by atomic mass is 9.89. The first kappa shape index (κ1) is 14.6. The first-order chi connectivity index (χ1) is 10.2. The minimum atomic E-state index is -0.216. The average molecular weight is 305 g/mol. The van der Waals surface area contributed by atoms with Crippen LogP contribution in [0.5, 0.6) is 0 Å².